The van der Waals surface area contributed by atoms with E-state index in [0.29, 0.717) is 11.4 Å². The molecule has 0 unspecified atom stereocenters. The minimum absolute atomic E-state index is 0.0886. The quantitative estimate of drug-likeness (QED) is 0.612. The summed E-state index contributed by atoms with van der Waals surface area (Å²) in [7, 11) is 0. The largest absolute Gasteiger partial charge is 0.491 e. The van der Waals surface area contributed by atoms with E-state index in [2.05, 4.69) is 0 Å². The third kappa shape index (κ3) is 4.21. The van der Waals surface area contributed by atoms with Crippen molar-refractivity contribution in [1.29, 1.82) is 0 Å². The fourth-order valence-corrected chi connectivity index (χ4v) is 1.18. The molecule has 0 saturated heterocycles. The molecule has 0 spiro atoms. The van der Waals surface area contributed by atoms with E-state index >= 15 is 0 Å². The molecule has 0 aliphatic carbocycles. The molecule has 0 radical (unpaired) electrons. The summed E-state index contributed by atoms with van der Waals surface area (Å²) in [5.41, 5.74) is 6.25. The van der Waals surface area contributed by atoms with Crippen LogP contribution < -0.4 is 10.5 Å². The Balaban J connectivity index is 2.31. The molecular formula is C12H17NO3. The average molecular weight is 223 g/mol. The molecule has 0 amide bonds. The molecule has 0 fully saturated rings. The second-order valence-corrected chi connectivity index (χ2v) is 3.67. The highest BCUT2D eigenvalue weighted by Gasteiger charge is 2.06. The lowest BCUT2D eigenvalue weighted by Gasteiger charge is -2.10. The van der Waals surface area contributed by atoms with Crippen LogP contribution in [-0.2, 0) is 9.53 Å². The molecule has 1 aromatic rings. The van der Waals surface area contributed by atoms with E-state index < -0.39 is 0 Å². The third-order valence-electron chi connectivity index (χ3n) is 1.85. The van der Waals surface area contributed by atoms with Gasteiger partial charge in [-0.2, -0.15) is 0 Å². The highest BCUT2D eigenvalue weighted by molar-refractivity contribution is 5.69. The minimum atomic E-state index is -0.260. The maximum Gasteiger partial charge on any atom is 0.309 e. The normalized spacial score (nSPS) is 10.2. The van der Waals surface area contributed by atoms with Crippen LogP contribution in [0.15, 0.2) is 24.3 Å². The van der Waals surface area contributed by atoms with Crippen molar-refractivity contribution in [2.75, 3.05) is 12.3 Å². The zero-order valence-electron chi connectivity index (χ0n) is 9.60. The number of carbonyl (C=O) groups excluding carboxylic acids is 1. The maximum absolute atomic E-state index is 11.2. The molecule has 0 bridgehead atoms. The number of esters is 1. The second kappa shape index (κ2) is 6.00. The molecule has 88 valence electrons. The van der Waals surface area contributed by atoms with Crippen molar-refractivity contribution in [3.8, 4) is 5.75 Å². The van der Waals surface area contributed by atoms with Gasteiger partial charge in [-0.15, -0.1) is 0 Å². The van der Waals surface area contributed by atoms with E-state index in [1.165, 1.54) is 0 Å². The van der Waals surface area contributed by atoms with Gasteiger partial charge in [0.25, 0.3) is 0 Å². The van der Waals surface area contributed by atoms with Crippen molar-refractivity contribution in [3.63, 3.8) is 0 Å². The van der Waals surface area contributed by atoms with E-state index in [1.54, 1.807) is 12.1 Å². The number of hydrogen-bond acceptors (Lipinski definition) is 4. The van der Waals surface area contributed by atoms with Crippen molar-refractivity contribution in [2.24, 2.45) is 0 Å². The highest BCUT2D eigenvalue weighted by atomic mass is 16.5. The molecular weight excluding hydrogens is 206 g/mol. The first kappa shape index (κ1) is 12.4. The number of nitrogen functional groups attached to an aromatic ring is 1. The van der Waals surface area contributed by atoms with Gasteiger partial charge in [0.05, 0.1) is 24.8 Å². The number of ether oxygens (including phenoxy) is 2. The maximum atomic E-state index is 11.2. The summed E-state index contributed by atoms with van der Waals surface area (Å²) in [5.74, 6) is 0.337. The number of para-hydroxylation sites is 2. The molecule has 1 aromatic carbocycles. The van der Waals surface area contributed by atoms with E-state index in [1.807, 2.05) is 26.0 Å². The van der Waals surface area contributed by atoms with Crippen LogP contribution >= 0.6 is 0 Å². The summed E-state index contributed by atoms with van der Waals surface area (Å²) in [4.78, 5) is 11.2. The lowest BCUT2D eigenvalue weighted by Crippen LogP contribution is -2.14. The van der Waals surface area contributed by atoms with E-state index in [-0.39, 0.29) is 25.1 Å². The third-order valence-corrected chi connectivity index (χ3v) is 1.85. The van der Waals surface area contributed by atoms with Gasteiger partial charge in [0.1, 0.15) is 5.75 Å². The van der Waals surface area contributed by atoms with E-state index in [4.69, 9.17) is 15.2 Å². The number of anilines is 1. The summed E-state index contributed by atoms with van der Waals surface area (Å²) in [6, 6.07) is 7.18. The summed E-state index contributed by atoms with van der Waals surface area (Å²) in [5, 5.41) is 0. The number of carbonyl (C=O) groups is 1. The van der Waals surface area contributed by atoms with Crippen LogP contribution in [0.2, 0.25) is 0 Å². The predicted octanol–water partition coefficient (Wildman–Crippen LogP) is 1.99. The Morgan fingerprint density at radius 2 is 2.06 bits per heavy atom. The Bertz CT molecular complexity index is 350. The first-order valence-electron chi connectivity index (χ1n) is 5.26. The van der Waals surface area contributed by atoms with Crippen LogP contribution in [0.4, 0.5) is 5.69 Å². The molecule has 4 heteroatoms. The van der Waals surface area contributed by atoms with Crippen LogP contribution in [0.5, 0.6) is 5.75 Å². The first-order chi connectivity index (χ1) is 7.59. The van der Waals surface area contributed by atoms with Gasteiger partial charge in [0.2, 0.25) is 0 Å². The smallest absolute Gasteiger partial charge is 0.309 e. The number of nitrogens with two attached hydrogens (primary N) is 1. The predicted molar refractivity (Wildman–Crippen MR) is 62.2 cm³/mol. The van der Waals surface area contributed by atoms with Crippen LogP contribution in [0.25, 0.3) is 0 Å². The van der Waals surface area contributed by atoms with Crippen LogP contribution in [0, 0.1) is 0 Å². The second-order valence-electron chi connectivity index (χ2n) is 3.67. The molecule has 16 heavy (non-hydrogen) atoms. The molecule has 0 atom stereocenters. The standard InChI is InChI=1S/C12H17NO3/c1-9(2)16-12(14)7-8-15-11-6-4-3-5-10(11)13/h3-6,9H,7-8,13H2,1-2H3. The van der Waals surface area contributed by atoms with Gasteiger partial charge in [-0.1, -0.05) is 12.1 Å². The molecule has 0 aliphatic rings. The minimum Gasteiger partial charge on any atom is -0.491 e. The van der Waals surface area contributed by atoms with Gasteiger partial charge in [-0.25, -0.2) is 0 Å². The molecule has 1 rings (SSSR count). The Hall–Kier alpha value is -1.71. The van der Waals surface area contributed by atoms with Crippen molar-refractivity contribution >= 4 is 11.7 Å². The summed E-state index contributed by atoms with van der Waals surface area (Å²) >= 11 is 0. The van der Waals surface area contributed by atoms with Crippen molar-refractivity contribution in [1.82, 2.24) is 0 Å². The Kier molecular flexibility index (Phi) is 4.64. The van der Waals surface area contributed by atoms with Crippen LogP contribution in [0.1, 0.15) is 20.3 Å². The molecule has 4 nitrogen and oxygen atoms in total. The zero-order chi connectivity index (χ0) is 12.0. The topological polar surface area (TPSA) is 61.5 Å². The van der Waals surface area contributed by atoms with E-state index in [9.17, 15) is 4.79 Å². The summed E-state index contributed by atoms with van der Waals surface area (Å²) in [6.45, 7) is 3.90. The summed E-state index contributed by atoms with van der Waals surface area (Å²) < 4.78 is 10.3. The molecule has 0 heterocycles. The number of benzene rings is 1. The zero-order valence-corrected chi connectivity index (χ0v) is 9.60. The molecule has 0 saturated carbocycles. The summed E-state index contributed by atoms with van der Waals surface area (Å²) in [6.07, 6.45) is 0.140. The van der Waals surface area contributed by atoms with Gasteiger partial charge in [0.15, 0.2) is 0 Å². The number of rotatable bonds is 5. The van der Waals surface area contributed by atoms with Gasteiger partial charge < -0.3 is 15.2 Å². The SMILES string of the molecule is CC(C)OC(=O)CCOc1ccccc1N. The van der Waals surface area contributed by atoms with Crippen molar-refractivity contribution < 1.29 is 14.3 Å². The Morgan fingerprint density at radius 1 is 1.38 bits per heavy atom. The molecule has 0 aliphatic heterocycles. The number of hydrogen-bond donors (Lipinski definition) is 1. The van der Waals surface area contributed by atoms with Gasteiger partial charge in [-0.05, 0) is 26.0 Å². The average Bonchev–Trinajstić information content (AvgIpc) is 2.19. The van der Waals surface area contributed by atoms with Crippen molar-refractivity contribution in [3.05, 3.63) is 24.3 Å². The monoisotopic (exact) mass is 223 g/mol. The lowest BCUT2D eigenvalue weighted by molar-refractivity contribution is -0.147. The lowest BCUT2D eigenvalue weighted by atomic mass is 10.3. The highest BCUT2D eigenvalue weighted by Crippen LogP contribution is 2.19. The molecule has 0 aromatic heterocycles. The van der Waals surface area contributed by atoms with Gasteiger partial charge in [0, 0.05) is 0 Å². The fraction of sp³-hybridized carbons (Fsp3) is 0.417. The van der Waals surface area contributed by atoms with E-state index in [0.717, 1.165) is 0 Å². The Labute approximate surface area is 95.3 Å². The van der Waals surface area contributed by atoms with Crippen LogP contribution in [0.3, 0.4) is 0 Å². The molecule has 2 N–H and O–H groups in total. The van der Waals surface area contributed by atoms with Gasteiger partial charge >= 0.3 is 5.97 Å². The van der Waals surface area contributed by atoms with Gasteiger partial charge in [-0.3, -0.25) is 4.79 Å². The fourth-order valence-electron chi connectivity index (χ4n) is 1.18. The van der Waals surface area contributed by atoms with Crippen molar-refractivity contribution in [2.45, 2.75) is 26.4 Å². The Morgan fingerprint density at radius 3 is 2.69 bits per heavy atom. The van der Waals surface area contributed by atoms with Crippen LogP contribution in [-0.4, -0.2) is 18.7 Å². The first-order valence-corrected chi connectivity index (χ1v) is 5.26.